The highest BCUT2D eigenvalue weighted by molar-refractivity contribution is 6.30. The number of rotatable bonds is 4. The van der Waals surface area contributed by atoms with Gasteiger partial charge >= 0.3 is 0 Å². The minimum Gasteiger partial charge on any atom is -0.341 e. The van der Waals surface area contributed by atoms with Crippen LogP contribution in [0, 0.1) is 5.92 Å². The highest BCUT2D eigenvalue weighted by atomic mass is 35.5. The molecule has 1 heterocycles. The topological polar surface area (TPSA) is 40.6 Å². The molecule has 124 valence electrons. The van der Waals surface area contributed by atoms with E-state index in [0.29, 0.717) is 18.1 Å². The summed E-state index contributed by atoms with van der Waals surface area (Å²) in [4.78, 5) is 28.3. The summed E-state index contributed by atoms with van der Waals surface area (Å²) in [6, 6.07) is 16.9. The first kappa shape index (κ1) is 16.5. The summed E-state index contributed by atoms with van der Waals surface area (Å²) in [5, 5.41) is 0.626. The zero-order chi connectivity index (χ0) is 17.1. The van der Waals surface area contributed by atoms with Gasteiger partial charge in [0.25, 0.3) is 0 Å². The fourth-order valence-electron chi connectivity index (χ4n) is 2.99. The monoisotopic (exact) mass is 342 g/mol. The van der Waals surface area contributed by atoms with Crippen LogP contribution in [0.2, 0.25) is 5.02 Å². The van der Waals surface area contributed by atoms with Crippen LogP contribution in [-0.4, -0.2) is 30.3 Å². The lowest BCUT2D eigenvalue weighted by molar-refractivity contribution is -0.135. The van der Waals surface area contributed by atoms with Crippen LogP contribution in [0.3, 0.4) is 0 Å². The standard InChI is InChI=1S/C19H19ClN2O2/c1-21(12-14-5-3-2-4-6-14)19(24)15-11-18(23)22(13-15)17-9-7-16(20)8-10-17/h2-10,15H,11-13H2,1H3/t15-/m0/s1. The Morgan fingerprint density at radius 2 is 1.83 bits per heavy atom. The van der Waals surface area contributed by atoms with E-state index in [4.69, 9.17) is 11.6 Å². The van der Waals surface area contributed by atoms with Crippen molar-refractivity contribution in [2.45, 2.75) is 13.0 Å². The molecule has 0 aliphatic carbocycles. The molecule has 3 rings (SSSR count). The molecule has 0 radical (unpaired) electrons. The Labute approximate surface area is 146 Å². The van der Waals surface area contributed by atoms with Crippen molar-refractivity contribution in [1.82, 2.24) is 4.90 Å². The third kappa shape index (κ3) is 3.60. The summed E-state index contributed by atoms with van der Waals surface area (Å²) in [5.41, 5.74) is 1.86. The molecule has 1 atom stereocenters. The van der Waals surface area contributed by atoms with Crippen LogP contribution in [0.5, 0.6) is 0 Å². The molecule has 2 aromatic rings. The third-order valence-electron chi connectivity index (χ3n) is 4.25. The van der Waals surface area contributed by atoms with Gasteiger partial charge < -0.3 is 9.80 Å². The Morgan fingerprint density at radius 1 is 1.17 bits per heavy atom. The molecule has 1 aliphatic rings. The SMILES string of the molecule is CN(Cc1ccccc1)C(=O)[C@H]1CC(=O)N(c2ccc(Cl)cc2)C1. The van der Waals surface area contributed by atoms with Gasteiger partial charge in [-0.25, -0.2) is 0 Å². The van der Waals surface area contributed by atoms with E-state index in [2.05, 4.69) is 0 Å². The van der Waals surface area contributed by atoms with Gasteiger partial charge in [0.1, 0.15) is 0 Å². The number of hydrogen-bond acceptors (Lipinski definition) is 2. The zero-order valence-electron chi connectivity index (χ0n) is 13.5. The van der Waals surface area contributed by atoms with Gasteiger partial charge in [0.05, 0.1) is 5.92 Å². The quantitative estimate of drug-likeness (QED) is 0.855. The second kappa shape index (κ2) is 7.05. The van der Waals surface area contributed by atoms with Gasteiger partial charge in [0.2, 0.25) is 11.8 Å². The van der Waals surface area contributed by atoms with Crippen LogP contribution in [0.1, 0.15) is 12.0 Å². The van der Waals surface area contributed by atoms with Gasteiger partial charge in [0.15, 0.2) is 0 Å². The fourth-order valence-corrected chi connectivity index (χ4v) is 3.12. The number of carbonyl (C=O) groups excluding carboxylic acids is 2. The molecular formula is C19H19ClN2O2. The van der Waals surface area contributed by atoms with Crippen LogP contribution in [0.4, 0.5) is 5.69 Å². The van der Waals surface area contributed by atoms with Crippen LogP contribution in [0.15, 0.2) is 54.6 Å². The zero-order valence-corrected chi connectivity index (χ0v) is 14.2. The molecule has 24 heavy (non-hydrogen) atoms. The van der Waals surface area contributed by atoms with Crippen molar-refractivity contribution in [3.8, 4) is 0 Å². The maximum Gasteiger partial charge on any atom is 0.228 e. The van der Waals surface area contributed by atoms with Crippen molar-refractivity contribution in [2.24, 2.45) is 5.92 Å². The smallest absolute Gasteiger partial charge is 0.228 e. The Balaban J connectivity index is 1.66. The Bertz CT molecular complexity index is 731. The van der Waals surface area contributed by atoms with Gasteiger partial charge in [-0.15, -0.1) is 0 Å². The Hall–Kier alpha value is -2.33. The molecular weight excluding hydrogens is 324 g/mol. The maximum atomic E-state index is 12.7. The average Bonchev–Trinajstić information content (AvgIpc) is 2.97. The number of anilines is 1. The molecule has 4 nitrogen and oxygen atoms in total. The minimum atomic E-state index is -0.304. The largest absolute Gasteiger partial charge is 0.341 e. The van der Waals surface area contributed by atoms with Crippen molar-refractivity contribution < 1.29 is 9.59 Å². The van der Waals surface area contributed by atoms with Gasteiger partial charge in [-0.3, -0.25) is 9.59 Å². The second-order valence-corrected chi connectivity index (χ2v) is 6.50. The molecule has 0 N–H and O–H groups in total. The summed E-state index contributed by atoms with van der Waals surface area (Å²) in [6.07, 6.45) is 0.251. The van der Waals surface area contributed by atoms with Crippen molar-refractivity contribution in [2.75, 3.05) is 18.5 Å². The number of amides is 2. The number of carbonyl (C=O) groups is 2. The lowest BCUT2D eigenvalue weighted by Gasteiger charge is -2.21. The van der Waals surface area contributed by atoms with Gasteiger partial charge in [-0.2, -0.15) is 0 Å². The van der Waals surface area contributed by atoms with E-state index < -0.39 is 0 Å². The van der Waals surface area contributed by atoms with Gasteiger partial charge in [-0.05, 0) is 29.8 Å². The average molecular weight is 343 g/mol. The van der Waals surface area contributed by atoms with E-state index in [1.807, 2.05) is 30.3 Å². The van der Waals surface area contributed by atoms with Crippen molar-refractivity contribution in [1.29, 1.82) is 0 Å². The van der Waals surface area contributed by atoms with Gasteiger partial charge in [-0.1, -0.05) is 41.9 Å². The predicted molar refractivity (Wildman–Crippen MR) is 94.8 cm³/mol. The fraction of sp³-hybridized carbons (Fsp3) is 0.263. The highest BCUT2D eigenvalue weighted by Gasteiger charge is 2.36. The molecule has 1 fully saturated rings. The summed E-state index contributed by atoms with van der Waals surface area (Å²) in [6.45, 7) is 0.962. The van der Waals surface area contributed by atoms with Crippen LogP contribution >= 0.6 is 11.6 Å². The predicted octanol–water partition coefficient (Wildman–Crippen LogP) is 3.35. The second-order valence-electron chi connectivity index (χ2n) is 6.06. The van der Waals surface area contributed by atoms with E-state index in [1.165, 1.54) is 0 Å². The first-order valence-corrected chi connectivity index (χ1v) is 8.27. The normalized spacial score (nSPS) is 17.2. The molecule has 5 heteroatoms. The minimum absolute atomic E-state index is 0.00339. The van der Waals surface area contributed by atoms with Crippen LogP contribution in [0.25, 0.3) is 0 Å². The van der Waals surface area contributed by atoms with Crippen molar-refractivity contribution in [3.05, 3.63) is 65.2 Å². The molecule has 2 amide bonds. The lowest BCUT2D eigenvalue weighted by atomic mass is 10.1. The first-order chi connectivity index (χ1) is 11.5. The summed E-state index contributed by atoms with van der Waals surface area (Å²) in [5.74, 6) is -0.325. The Kier molecular flexibility index (Phi) is 4.86. The molecule has 0 aromatic heterocycles. The molecule has 0 unspecified atom stereocenters. The highest BCUT2D eigenvalue weighted by Crippen LogP contribution is 2.27. The molecule has 0 saturated carbocycles. The number of benzene rings is 2. The molecule has 0 spiro atoms. The van der Waals surface area contributed by atoms with E-state index in [1.54, 1.807) is 41.1 Å². The van der Waals surface area contributed by atoms with Crippen molar-refractivity contribution >= 4 is 29.1 Å². The molecule has 1 saturated heterocycles. The molecule has 1 aliphatic heterocycles. The van der Waals surface area contributed by atoms with E-state index in [9.17, 15) is 9.59 Å². The summed E-state index contributed by atoms with van der Waals surface area (Å²) in [7, 11) is 1.78. The van der Waals surface area contributed by atoms with E-state index >= 15 is 0 Å². The van der Waals surface area contributed by atoms with Gasteiger partial charge in [0, 0.05) is 37.3 Å². The third-order valence-corrected chi connectivity index (χ3v) is 4.50. The Morgan fingerprint density at radius 3 is 2.50 bits per heavy atom. The number of halogens is 1. The van der Waals surface area contributed by atoms with Crippen LogP contribution < -0.4 is 4.90 Å². The van der Waals surface area contributed by atoms with E-state index in [0.717, 1.165) is 11.3 Å². The molecule has 2 aromatic carbocycles. The molecule has 0 bridgehead atoms. The lowest BCUT2D eigenvalue weighted by Crippen LogP contribution is -2.34. The van der Waals surface area contributed by atoms with Crippen LogP contribution in [-0.2, 0) is 16.1 Å². The summed E-state index contributed by atoms with van der Waals surface area (Å²) >= 11 is 5.89. The van der Waals surface area contributed by atoms with E-state index in [-0.39, 0.29) is 24.2 Å². The van der Waals surface area contributed by atoms with Crippen molar-refractivity contribution in [3.63, 3.8) is 0 Å². The number of nitrogens with zero attached hydrogens (tertiary/aromatic N) is 2. The first-order valence-electron chi connectivity index (χ1n) is 7.89. The summed E-state index contributed by atoms with van der Waals surface area (Å²) < 4.78 is 0. The maximum absolute atomic E-state index is 12.7. The number of hydrogen-bond donors (Lipinski definition) is 0.